The van der Waals surface area contributed by atoms with Crippen LogP contribution in [0.2, 0.25) is 0 Å². The van der Waals surface area contributed by atoms with Crippen LogP contribution in [-0.4, -0.2) is 41.7 Å². The van der Waals surface area contributed by atoms with Crippen LogP contribution >= 0.6 is 0 Å². The van der Waals surface area contributed by atoms with Gasteiger partial charge in [0.25, 0.3) is 0 Å². The fraction of sp³-hybridized carbons (Fsp3) is 0.400. The number of carbonyl (C=O) groups excluding carboxylic acids is 1. The number of likely N-dealkylation sites (tertiary alicyclic amines) is 1. The zero-order valence-electron chi connectivity index (χ0n) is 15.3. The zero-order chi connectivity index (χ0) is 18.4. The Kier molecular flexibility index (Phi) is 5.94. The lowest BCUT2D eigenvalue weighted by atomic mass is 10.2. The number of aryl methyl sites for hydroxylation is 1. The van der Waals surface area contributed by atoms with E-state index in [9.17, 15) is 4.79 Å². The molecule has 0 unspecified atom stereocenters. The summed E-state index contributed by atoms with van der Waals surface area (Å²) in [6.07, 6.45) is 2.13. The number of nitrogens with one attached hydrogen (secondary N) is 1. The van der Waals surface area contributed by atoms with Gasteiger partial charge >= 0.3 is 6.03 Å². The Morgan fingerprint density at radius 2 is 2.00 bits per heavy atom. The van der Waals surface area contributed by atoms with E-state index in [1.165, 1.54) is 0 Å². The first kappa shape index (κ1) is 18.0. The fourth-order valence-electron chi connectivity index (χ4n) is 2.60. The maximum atomic E-state index is 12.3. The van der Waals surface area contributed by atoms with Crippen LogP contribution < -0.4 is 14.8 Å². The van der Waals surface area contributed by atoms with E-state index in [2.05, 4.69) is 17.2 Å². The molecular weight excluding hydrogens is 330 g/mol. The predicted octanol–water partition coefficient (Wildman–Crippen LogP) is 3.86. The molecule has 0 saturated carbocycles. The monoisotopic (exact) mass is 355 g/mol. The van der Waals surface area contributed by atoms with Gasteiger partial charge in [0, 0.05) is 17.4 Å². The second kappa shape index (κ2) is 8.56. The van der Waals surface area contributed by atoms with Gasteiger partial charge in [-0.1, -0.05) is 19.4 Å². The van der Waals surface area contributed by atoms with E-state index in [0.29, 0.717) is 25.6 Å². The van der Waals surface area contributed by atoms with Crippen molar-refractivity contribution in [2.75, 3.05) is 25.0 Å². The number of nitrogens with zero attached hydrogens (tertiary/aromatic N) is 2. The number of ether oxygens (including phenoxy) is 2. The Labute approximate surface area is 154 Å². The SMILES string of the molecule is CCCCOc1ccc(NC(=O)N2CC(Oc3cccc(C)n3)C2)cc1. The summed E-state index contributed by atoms with van der Waals surface area (Å²) in [4.78, 5) is 18.3. The minimum atomic E-state index is -0.123. The molecule has 2 amide bonds. The second-order valence-corrected chi connectivity index (χ2v) is 6.42. The fourth-order valence-corrected chi connectivity index (χ4v) is 2.60. The molecule has 1 saturated heterocycles. The number of urea groups is 1. The topological polar surface area (TPSA) is 63.7 Å². The molecule has 0 aliphatic carbocycles. The second-order valence-electron chi connectivity index (χ2n) is 6.42. The van der Waals surface area contributed by atoms with Crippen molar-refractivity contribution < 1.29 is 14.3 Å². The summed E-state index contributed by atoms with van der Waals surface area (Å²) in [6.45, 7) is 5.88. The average Bonchev–Trinajstić information content (AvgIpc) is 2.59. The van der Waals surface area contributed by atoms with Crippen molar-refractivity contribution in [1.29, 1.82) is 0 Å². The Balaban J connectivity index is 1.42. The van der Waals surface area contributed by atoms with Crippen molar-refractivity contribution in [1.82, 2.24) is 9.88 Å². The molecule has 6 nitrogen and oxygen atoms in total. The number of carbonyl (C=O) groups is 1. The van der Waals surface area contributed by atoms with Crippen LogP contribution in [0.3, 0.4) is 0 Å². The molecule has 3 rings (SSSR count). The molecule has 0 atom stereocenters. The molecule has 1 fully saturated rings. The Hall–Kier alpha value is -2.76. The van der Waals surface area contributed by atoms with Gasteiger partial charge in [-0.05, 0) is 43.7 Å². The third-order valence-electron chi connectivity index (χ3n) is 4.16. The van der Waals surface area contributed by atoms with E-state index in [1.807, 2.05) is 49.4 Å². The van der Waals surface area contributed by atoms with Gasteiger partial charge in [0.2, 0.25) is 5.88 Å². The van der Waals surface area contributed by atoms with Gasteiger partial charge < -0.3 is 19.7 Å². The van der Waals surface area contributed by atoms with Crippen molar-refractivity contribution >= 4 is 11.7 Å². The standard InChI is InChI=1S/C20H25N3O3/c1-3-4-12-25-17-10-8-16(9-11-17)22-20(24)23-13-18(14-23)26-19-7-5-6-15(2)21-19/h5-11,18H,3-4,12-14H2,1-2H3,(H,22,24). The highest BCUT2D eigenvalue weighted by Gasteiger charge is 2.32. The van der Waals surface area contributed by atoms with Gasteiger partial charge in [0.15, 0.2) is 0 Å². The largest absolute Gasteiger partial charge is 0.494 e. The van der Waals surface area contributed by atoms with E-state index in [-0.39, 0.29) is 12.1 Å². The van der Waals surface area contributed by atoms with E-state index < -0.39 is 0 Å². The lowest BCUT2D eigenvalue weighted by Crippen LogP contribution is -2.57. The molecular formula is C20H25N3O3. The number of pyridine rings is 1. The number of hydrogen-bond acceptors (Lipinski definition) is 4. The van der Waals surface area contributed by atoms with Crippen molar-refractivity contribution in [3.63, 3.8) is 0 Å². The summed E-state index contributed by atoms with van der Waals surface area (Å²) in [5.41, 5.74) is 1.67. The van der Waals surface area contributed by atoms with Gasteiger partial charge in [-0.15, -0.1) is 0 Å². The molecule has 1 aliphatic rings. The summed E-state index contributed by atoms with van der Waals surface area (Å²) in [6, 6.07) is 13.0. The van der Waals surface area contributed by atoms with Gasteiger partial charge in [0.05, 0.1) is 19.7 Å². The van der Waals surface area contributed by atoms with Crippen molar-refractivity contribution in [2.45, 2.75) is 32.8 Å². The summed E-state index contributed by atoms with van der Waals surface area (Å²) in [7, 11) is 0. The highest BCUT2D eigenvalue weighted by molar-refractivity contribution is 5.90. The molecule has 26 heavy (non-hydrogen) atoms. The highest BCUT2D eigenvalue weighted by Crippen LogP contribution is 2.20. The number of unbranched alkanes of at least 4 members (excludes halogenated alkanes) is 1. The number of hydrogen-bond donors (Lipinski definition) is 1. The lowest BCUT2D eigenvalue weighted by molar-refractivity contribution is 0.0460. The minimum absolute atomic E-state index is 0.00982. The van der Waals surface area contributed by atoms with Crippen LogP contribution in [0.15, 0.2) is 42.5 Å². The van der Waals surface area contributed by atoms with E-state index in [4.69, 9.17) is 9.47 Å². The number of amides is 2. The predicted molar refractivity (Wildman–Crippen MR) is 101 cm³/mol. The van der Waals surface area contributed by atoms with E-state index in [1.54, 1.807) is 4.90 Å². The smallest absolute Gasteiger partial charge is 0.322 e. The first-order chi connectivity index (χ1) is 12.6. The van der Waals surface area contributed by atoms with Crippen LogP contribution in [0.5, 0.6) is 11.6 Å². The van der Waals surface area contributed by atoms with Crippen LogP contribution in [0.25, 0.3) is 0 Å². The molecule has 0 radical (unpaired) electrons. The highest BCUT2D eigenvalue weighted by atomic mass is 16.5. The Morgan fingerprint density at radius 1 is 1.23 bits per heavy atom. The van der Waals surface area contributed by atoms with Gasteiger partial charge in [-0.25, -0.2) is 9.78 Å². The van der Waals surface area contributed by atoms with Crippen LogP contribution in [0, 0.1) is 6.92 Å². The van der Waals surface area contributed by atoms with Gasteiger partial charge in [0.1, 0.15) is 11.9 Å². The molecule has 1 aromatic heterocycles. The van der Waals surface area contributed by atoms with Crippen LogP contribution in [0.1, 0.15) is 25.5 Å². The summed E-state index contributed by atoms with van der Waals surface area (Å²) >= 11 is 0. The first-order valence-corrected chi connectivity index (χ1v) is 9.03. The molecule has 1 N–H and O–H groups in total. The van der Waals surface area contributed by atoms with Crippen LogP contribution in [-0.2, 0) is 0 Å². The van der Waals surface area contributed by atoms with Crippen LogP contribution in [0.4, 0.5) is 10.5 Å². The molecule has 0 bridgehead atoms. The summed E-state index contributed by atoms with van der Waals surface area (Å²) in [5, 5.41) is 2.89. The maximum absolute atomic E-state index is 12.3. The molecule has 6 heteroatoms. The van der Waals surface area contributed by atoms with Gasteiger partial charge in [-0.3, -0.25) is 0 Å². The zero-order valence-corrected chi connectivity index (χ0v) is 15.3. The molecule has 2 aromatic rings. The number of benzene rings is 1. The Bertz CT molecular complexity index is 727. The molecule has 1 aromatic carbocycles. The average molecular weight is 355 g/mol. The van der Waals surface area contributed by atoms with E-state index in [0.717, 1.165) is 30.0 Å². The third kappa shape index (κ3) is 4.88. The normalized spacial score (nSPS) is 13.8. The van der Waals surface area contributed by atoms with Crippen molar-refractivity contribution in [2.24, 2.45) is 0 Å². The minimum Gasteiger partial charge on any atom is -0.494 e. The molecule has 0 spiro atoms. The van der Waals surface area contributed by atoms with E-state index >= 15 is 0 Å². The first-order valence-electron chi connectivity index (χ1n) is 9.03. The third-order valence-corrected chi connectivity index (χ3v) is 4.16. The Morgan fingerprint density at radius 3 is 2.69 bits per heavy atom. The molecule has 138 valence electrons. The summed E-state index contributed by atoms with van der Waals surface area (Å²) in [5.74, 6) is 1.42. The number of aromatic nitrogens is 1. The van der Waals surface area contributed by atoms with Gasteiger partial charge in [-0.2, -0.15) is 0 Å². The molecule has 1 aliphatic heterocycles. The quantitative estimate of drug-likeness (QED) is 0.766. The number of rotatable bonds is 7. The summed E-state index contributed by atoms with van der Waals surface area (Å²) < 4.78 is 11.4. The van der Waals surface area contributed by atoms with Crippen molar-refractivity contribution in [3.05, 3.63) is 48.2 Å². The molecule has 2 heterocycles. The maximum Gasteiger partial charge on any atom is 0.322 e. The lowest BCUT2D eigenvalue weighted by Gasteiger charge is -2.38. The van der Waals surface area contributed by atoms with Crippen molar-refractivity contribution in [3.8, 4) is 11.6 Å². The number of anilines is 1.